The van der Waals surface area contributed by atoms with Crippen molar-refractivity contribution >= 4 is 11.8 Å². The van der Waals surface area contributed by atoms with Crippen LogP contribution in [0.5, 0.6) is 0 Å². The van der Waals surface area contributed by atoms with E-state index in [0.717, 1.165) is 23.2 Å². The molecule has 2 rings (SSSR count). The highest BCUT2D eigenvalue weighted by atomic mass is 32.2. The molecule has 1 fully saturated rings. The molecule has 1 aromatic heterocycles. The fourth-order valence-electron chi connectivity index (χ4n) is 2.54. The molecule has 20 heavy (non-hydrogen) atoms. The molecule has 1 aliphatic carbocycles. The summed E-state index contributed by atoms with van der Waals surface area (Å²) < 4.78 is 5.34. The smallest absolute Gasteiger partial charge is 0.227 e. The zero-order chi connectivity index (χ0) is 14.4. The van der Waals surface area contributed by atoms with E-state index in [2.05, 4.69) is 30.1 Å². The van der Waals surface area contributed by atoms with Crippen LogP contribution in [0.3, 0.4) is 0 Å². The molecule has 0 aromatic carbocycles. The first-order valence-corrected chi connectivity index (χ1v) is 8.50. The highest BCUT2D eigenvalue weighted by Gasteiger charge is 2.25. The number of hydrogen-bond acceptors (Lipinski definition) is 5. The Kier molecular flexibility index (Phi) is 5.47. The normalized spacial score (nSPS) is 18.9. The van der Waals surface area contributed by atoms with Crippen molar-refractivity contribution in [1.29, 1.82) is 5.26 Å². The Balaban J connectivity index is 1.86. The second-order valence-electron chi connectivity index (χ2n) is 6.00. The van der Waals surface area contributed by atoms with Crippen LogP contribution in [-0.4, -0.2) is 15.4 Å². The van der Waals surface area contributed by atoms with Gasteiger partial charge >= 0.3 is 0 Å². The minimum absolute atomic E-state index is 0.0584. The first-order chi connectivity index (χ1) is 9.65. The zero-order valence-corrected chi connectivity index (χ0v) is 13.2. The largest absolute Gasteiger partial charge is 0.339 e. The summed E-state index contributed by atoms with van der Waals surface area (Å²) in [6, 6.07) is 2.25. The lowest BCUT2D eigenvalue weighted by atomic mass is 9.81. The Hall–Kier alpha value is -1.02. The van der Waals surface area contributed by atoms with E-state index in [4.69, 9.17) is 9.78 Å². The van der Waals surface area contributed by atoms with E-state index in [-0.39, 0.29) is 5.41 Å². The van der Waals surface area contributed by atoms with Gasteiger partial charge in [0.15, 0.2) is 5.82 Å². The Bertz CT molecular complexity index is 462. The second-order valence-corrected chi connectivity index (χ2v) is 7.29. The fraction of sp³-hybridized carbons (Fsp3) is 0.800. The zero-order valence-electron chi connectivity index (χ0n) is 12.4. The lowest BCUT2D eigenvalue weighted by Crippen LogP contribution is -2.18. The van der Waals surface area contributed by atoms with Gasteiger partial charge in [-0.2, -0.15) is 22.0 Å². The van der Waals surface area contributed by atoms with Crippen LogP contribution in [0.1, 0.15) is 64.1 Å². The Morgan fingerprint density at radius 1 is 1.45 bits per heavy atom. The summed E-state index contributed by atoms with van der Waals surface area (Å²) in [4.78, 5) is 4.48. The van der Waals surface area contributed by atoms with Crippen LogP contribution >= 0.6 is 11.8 Å². The molecule has 1 heterocycles. The average Bonchev–Trinajstić information content (AvgIpc) is 3.08. The van der Waals surface area contributed by atoms with Gasteiger partial charge in [0.25, 0.3) is 0 Å². The van der Waals surface area contributed by atoms with Gasteiger partial charge in [-0.15, -0.1) is 0 Å². The SMILES string of the molecule is CCC(C)(CC#N)Cc1nc(CSC2CCCC2)no1. The van der Waals surface area contributed by atoms with E-state index >= 15 is 0 Å². The van der Waals surface area contributed by atoms with E-state index < -0.39 is 0 Å². The molecule has 1 aromatic rings. The van der Waals surface area contributed by atoms with Gasteiger partial charge in [-0.25, -0.2) is 0 Å². The van der Waals surface area contributed by atoms with E-state index in [1.807, 2.05) is 11.8 Å². The van der Waals surface area contributed by atoms with Gasteiger partial charge in [0, 0.05) is 18.1 Å². The molecule has 1 unspecified atom stereocenters. The van der Waals surface area contributed by atoms with Crippen LogP contribution < -0.4 is 0 Å². The summed E-state index contributed by atoms with van der Waals surface area (Å²) in [7, 11) is 0. The topological polar surface area (TPSA) is 62.7 Å². The van der Waals surface area contributed by atoms with Gasteiger partial charge in [-0.1, -0.05) is 31.8 Å². The molecule has 110 valence electrons. The van der Waals surface area contributed by atoms with Crippen molar-refractivity contribution in [2.24, 2.45) is 5.41 Å². The van der Waals surface area contributed by atoms with Crippen LogP contribution in [0.25, 0.3) is 0 Å². The highest BCUT2D eigenvalue weighted by Crippen LogP contribution is 2.32. The van der Waals surface area contributed by atoms with E-state index in [9.17, 15) is 0 Å². The van der Waals surface area contributed by atoms with Gasteiger partial charge in [-0.3, -0.25) is 0 Å². The van der Waals surface area contributed by atoms with Gasteiger partial charge in [0.2, 0.25) is 5.89 Å². The minimum atomic E-state index is -0.0584. The van der Waals surface area contributed by atoms with E-state index in [0.29, 0.717) is 18.7 Å². The minimum Gasteiger partial charge on any atom is -0.339 e. The van der Waals surface area contributed by atoms with Gasteiger partial charge in [0.05, 0.1) is 11.8 Å². The van der Waals surface area contributed by atoms with Crippen molar-refractivity contribution in [2.75, 3.05) is 0 Å². The lowest BCUT2D eigenvalue weighted by molar-refractivity contribution is 0.265. The average molecular weight is 293 g/mol. The number of aromatic nitrogens is 2. The first kappa shape index (κ1) is 15.4. The maximum atomic E-state index is 8.90. The number of hydrogen-bond donors (Lipinski definition) is 0. The molecule has 4 nitrogen and oxygen atoms in total. The molecule has 0 saturated heterocycles. The van der Waals surface area contributed by atoms with Crippen LogP contribution in [0, 0.1) is 16.7 Å². The highest BCUT2D eigenvalue weighted by molar-refractivity contribution is 7.99. The summed E-state index contributed by atoms with van der Waals surface area (Å²) in [6.07, 6.45) is 7.53. The standard InChI is InChI=1S/C15H23N3OS/c1-3-15(2,8-9-16)10-14-17-13(18-19-14)11-20-12-6-4-5-7-12/h12H,3-8,10-11H2,1-2H3. The third kappa shape index (κ3) is 4.24. The summed E-state index contributed by atoms with van der Waals surface area (Å²) in [5.74, 6) is 2.31. The number of rotatable bonds is 7. The van der Waals surface area contributed by atoms with Crippen molar-refractivity contribution in [3.63, 3.8) is 0 Å². The third-order valence-electron chi connectivity index (χ3n) is 4.20. The first-order valence-electron chi connectivity index (χ1n) is 7.45. The lowest BCUT2D eigenvalue weighted by Gasteiger charge is -2.22. The molecule has 0 bridgehead atoms. The van der Waals surface area contributed by atoms with Crippen LogP contribution in [0.15, 0.2) is 4.52 Å². The van der Waals surface area contributed by atoms with Crippen molar-refractivity contribution < 1.29 is 4.52 Å². The van der Waals surface area contributed by atoms with E-state index in [1.54, 1.807) is 0 Å². The van der Waals surface area contributed by atoms with Crippen molar-refractivity contribution in [2.45, 2.75) is 69.8 Å². The van der Waals surface area contributed by atoms with E-state index in [1.165, 1.54) is 25.7 Å². The Morgan fingerprint density at radius 2 is 2.20 bits per heavy atom. The van der Waals surface area contributed by atoms with Crippen molar-refractivity contribution in [1.82, 2.24) is 10.1 Å². The monoisotopic (exact) mass is 293 g/mol. The fourth-order valence-corrected chi connectivity index (χ4v) is 3.71. The summed E-state index contributed by atoms with van der Waals surface area (Å²) in [5, 5.41) is 13.7. The molecule has 0 amide bonds. The van der Waals surface area contributed by atoms with Gasteiger partial charge in [0.1, 0.15) is 0 Å². The van der Waals surface area contributed by atoms with Crippen LogP contribution in [-0.2, 0) is 12.2 Å². The third-order valence-corrected chi connectivity index (χ3v) is 5.57. The molecule has 1 saturated carbocycles. The van der Waals surface area contributed by atoms with Crippen molar-refractivity contribution in [3.05, 3.63) is 11.7 Å². The Labute approximate surface area is 125 Å². The summed E-state index contributed by atoms with van der Waals surface area (Å²) in [5.41, 5.74) is -0.0584. The summed E-state index contributed by atoms with van der Waals surface area (Å²) in [6.45, 7) is 4.21. The molecule has 1 aliphatic rings. The number of nitriles is 1. The Morgan fingerprint density at radius 3 is 2.85 bits per heavy atom. The molecule has 0 radical (unpaired) electrons. The predicted molar refractivity (Wildman–Crippen MR) is 80.2 cm³/mol. The molecule has 0 aliphatic heterocycles. The molecular formula is C15H23N3OS. The second kappa shape index (κ2) is 7.12. The molecule has 5 heteroatoms. The quantitative estimate of drug-likeness (QED) is 0.756. The molecule has 0 N–H and O–H groups in total. The predicted octanol–water partition coefficient (Wildman–Crippen LogP) is 4.12. The summed E-state index contributed by atoms with van der Waals surface area (Å²) >= 11 is 1.95. The maximum absolute atomic E-state index is 8.90. The van der Waals surface area contributed by atoms with Gasteiger partial charge in [-0.05, 0) is 24.7 Å². The number of nitrogens with zero attached hydrogens (tertiary/aromatic N) is 3. The number of thioether (sulfide) groups is 1. The van der Waals surface area contributed by atoms with Gasteiger partial charge < -0.3 is 4.52 Å². The molecule has 0 spiro atoms. The molecular weight excluding hydrogens is 270 g/mol. The van der Waals surface area contributed by atoms with Crippen LogP contribution in [0.4, 0.5) is 0 Å². The maximum Gasteiger partial charge on any atom is 0.227 e. The van der Waals surface area contributed by atoms with Crippen molar-refractivity contribution in [3.8, 4) is 6.07 Å². The molecule has 1 atom stereocenters. The van der Waals surface area contributed by atoms with Crippen LogP contribution in [0.2, 0.25) is 0 Å².